The summed E-state index contributed by atoms with van der Waals surface area (Å²) < 4.78 is 5.31. The Bertz CT molecular complexity index is 660. The van der Waals surface area contributed by atoms with Crippen LogP contribution >= 0.6 is 0 Å². The average Bonchev–Trinajstić information content (AvgIpc) is 3.09. The van der Waals surface area contributed by atoms with E-state index in [0.717, 1.165) is 16.8 Å². The molecule has 1 fully saturated rings. The molecule has 1 aromatic heterocycles. The van der Waals surface area contributed by atoms with E-state index < -0.39 is 11.4 Å². The van der Waals surface area contributed by atoms with Crippen molar-refractivity contribution in [1.82, 2.24) is 15.0 Å². The molecule has 2 aromatic rings. The van der Waals surface area contributed by atoms with Gasteiger partial charge in [0.05, 0.1) is 18.2 Å². The highest BCUT2D eigenvalue weighted by Crippen LogP contribution is 2.33. The van der Waals surface area contributed by atoms with Gasteiger partial charge < -0.3 is 9.84 Å². The molecule has 1 N–H and O–H groups in total. The number of hydrogen-bond donors (Lipinski definition) is 1. The lowest BCUT2D eigenvalue weighted by atomic mass is 9.81. The molecule has 0 radical (unpaired) electrons. The molecular formula is C15H17N3O3. The largest absolute Gasteiger partial charge is 0.481 e. The van der Waals surface area contributed by atoms with Gasteiger partial charge in [0, 0.05) is 19.2 Å². The summed E-state index contributed by atoms with van der Waals surface area (Å²) in [7, 11) is 1.77. The number of carboxylic acid groups (broad SMARTS) is 1. The van der Waals surface area contributed by atoms with E-state index in [4.69, 9.17) is 4.74 Å². The van der Waals surface area contributed by atoms with Crippen molar-refractivity contribution in [1.29, 1.82) is 0 Å². The van der Waals surface area contributed by atoms with Crippen LogP contribution in [0.15, 0.2) is 30.5 Å². The maximum Gasteiger partial charge on any atom is 0.312 e. The molecule has 1 unspecified atom stereocenters. The molecule has 0 bridgehead atoms. The Morgan fingerprint density at radius 2 is 2.38 bits per heavy atom. The predicted octanol–water partition coefficient (Wildman–Crippen LogP) is 1.52. The number of hydrogen-bond acceptors (Lipinski definition) is 4. The molecule has 1 aromatic carbocycles. The molecule has 1 saturated heterocycles. The highest BCUT2D eigenvalue weighted by Gasteiger charge is 2.42. The molecule has 2 heterocycles. The summed E-state index contributed by atoms with van der Waals surface area (Å²) in [4.78, 5) is 13.1. The van der Waals surface area contributed by atoms with Crippen LogP contribution in [-0.4, -0.2) is 39.3 Å². The van der Waals surface area contributed by atoms with Gasteiger partial charge in [-0.05, 0) is 24.5 Å². The van der Waals surface area contributed by atoms with Crippen LogP contribution in [0.1, 0.15) is 12.0 Å². The summed E-state index contributed by atoms with van der Waals surface area (Å²) in [5.74, 6) is -0.787. The second-order valence-corrected chi connectivity index (χ2v) is 5.48. The lowest BCUT2D eigenvalue weighted by Crippen LogP contribution is -2.33. The molecule has 0 aliphatic carbocycles. The van der Waals surface area contributed by atoms with E-state index in [2.05, 4.69) is 10.2 Å². The Hall–Kier alpha value is -2.21. The molecule has 110 valence electrons. The van der Waals surface area contributed by atoms with Crippen LogP contribution in [-0.2, 0) is 23.0 Å². The van der Waals surface area contributed by atoms with Gasteiger partial charge in [-0.2, -0.15) is 15.0 Å². The first-order chi connectivity index (χ1) is 10.1. The third-order valence-electron chi connectivity index (χ3n) is 3.92. The van der Waals surface area contributed by atoms with Crippen LogP contribution in [0.3, 0.4) is 0 Å². The normalized spacial score (nSPS) is 21.6. The maximum absolute atomic E-state index is 11.6. The molecule has 0 saturated carbocycles. The number of aliphatic carboxylic acids is 1. The fraction of sp³-hybridized carbons (Fsp3) is 0.400. The molecule has 0 amide bonds. The highest BCUT2D eigenvalue weighted by molar-refractivity contribution is 5.75. The molecule has 1 atom stereocenters. The topological polar surface area (TPSA) is 77.2 Å². The third kappa shape index (κ3) is 2.67. The summed E-state index contributed by atoms with van der Waals surface area (Å²) in [6.07, 6.45) is 2.72. The minimum atomic E-state index is -0.805. The Morgan fingerprint density at radius 1 is 1.52 bits per heavy atom. The van der Waals surface area contributed by atoms with Gasteiger partial charge in [-0.15, -0.1) is 0 Å². The summed E-state index contributed by atoms with van der Waals surface area (Å²) >= 11 is 0. The van der Waals surface area contributed by atoms with E-state index in [0.29, 0.717) is 19.4 Å². The zero-order chi connectivity index (χ0) is 14.9. The number of benzene rings is 1. The lowest BCUT2D eigenvalue weighted by molar-refractivity contribution is -0.148. The van der Waals surface area contributed by atoms with Gasteiger partial charge in [-0.1, -0.05) is 18.2 Å². The summed E-state index contributed by atoms with van der Waals surface area (Å²) in [5, 5.41) is 17.8. The van der Waals surface area contributed by atoms with Crippen LogP contribution < -0.4 is 0 Å². The van der Waals surface area contributed by atoms with E-state index in [9.17, 15) is 9.90 Å². The summed E-state index contributed by atoms with van der Waals surface area (Å²) in [6, 6.07) is 7.80. The van der Waals surface area contributed by atoms with Crippen molar-refractivity contribution in [3.63, 3.8) is 0 Å². The Balaban J connectivity index is 1.88. The van der Waals surface area contributed by atoms with Gasteiger partial charge in [0.25, 0.3) is 0 Å². The fourth-order valence-corrected chi connectivity index (χ4v) is 2.70. The zero-order valence-corrected chi connectivity index (χ0v) is 11.8. The lowest BCUT2D eigenvalue weighted by Gasteiger charge is -2.22. The quantitative estimate of drug-likeness (QED) is 0.922. The molecule has 1 aliphatic heterocycles. The molecule has 0 spiro atoms. The highest BCUT2D eigenvalue weighted by atomic mass is 16.5. The van der Waals surface area contributed by atoms with E-state index in [1.807, 2.05) is 24.3 Å². The van der Waals surface area contributed by atoms with Gasteiger partial charge in [0.2, 0.25) is 0 Å². The minimum Gasteiger partial charge on any atom is -0.481 e. The van der Waals surface area contributed by atoms with E-state index in [1.54, 1.807) is 13.2 Å². The smallest absolute Gasteiger partial charge is 0.312 e. The number of rotatable bonds is 4. The van der Waals surface area contributed by atoms with Crippen LogP contribution in [0.25, 0.3) is 11.3 Å². The van der Waals surface area contributed by atoms with Crippen molar-refractivity contribution < 1.29 is 14.6 Å². The second-order valence-electron chi connectivity index (χ2n) is 5.48. The number of carboxylic acids is 1. The third-order valence-corrected chi connectivity index (χ3v) is 3.92. The molecule has 21 heavy (non-hydrogen) atoms. The number of aryl methyl sites for hydroxylation is 1. The van der Waals surface area contributed by atoms with E-state index in [-0.39, 0.29) is 6.61 Å². The number of carbonyl (C=O) groups is 1. The van der Waals surface area contributed by atoms with Crippen LogP contribution in [0.5, 0.6) is 0 Å². The van der Waals surface area contributed by atoms with Crippen LogP contribution in [0.4, 0.5) is 0 Å². The van der Waals surface area contributed by atoms with E-state index in [1.165, 1.54) is 4.80 Å². The van der Waals surface area contributed by atoms with Crippen molar-refractivity contribution in [2.75, 3.05) is 13.2 Å². The standard InChI is InChI=1S/C15H17N3O3/c1-18-16-9-13(17-18)12-4-2-3-11(7-12)8-15(14(19)20)5-6-21-10-15/h2-4,7,9H,5-6,8,10H2,1H3,(H,19,20). The zero-order valence-electron chi connectivity index (χ0n) is 11.8. The van der Waals surface area contributed by atoms with Crippen LogP contribution in [0.2, 0.25) is 0 Å². The minimum absolute atomic E-state index is 0.275. The summed E-state index contributed by atoms with van der Waals surface area (Å²) in [5.41, 5.74) is 1.90. The number of aromatic nitrogens is 3. The number of nitrogens with zero attached hydrogens (tertiary/aromatic N) is 3. The maximum atomic E-state index is 11.6. The average molecular weight is 287 g/mol. The summed E-state index contributed by atoms with van der Waals surface area (Å²) in [6.45, 7) is 0.786. The fourth-order valence-electron chi connectivity index (χ4n) is 2.70. The van der Waals surface area contributed by atoms with Crippen molar-refractivity contribution in [2.45, 2.75) is 12.8 Å². The Kier molecular flexibility index (Phi) is 3.47. The van der Waals surface area contributed by atoms with Crippen molar-refractivity contribution in [3.05, 3.63) is 36.0 Å². The molecule has 3 rings (SSSR count). The molecule has 6 heteroatoms. The Morgan fingerprint density at radius 3 is 3.00 bits per heavy atom. The van der Waals surface area contributed by atoms with Crippen LogP contribution in [0, 0.1) is 5.41 Å². The van der Waals surface area contributed by atoms with Gasteiger partial charge in [0.15, 0.2) is 0 Å². The first kappa shape index (κ1) is 13.8. The first-order valence-electron chi connectivity index (χ1n) is 6.86. The van der Waals surface area contributed by atoms with Gasteiger partial charge >= 0.3 is 5.97 Å². The first-order valence-corrected chi connectivity index (χ1v) is 6.86. The van der Waals surface area contributed by atoms with Crippen molar-refractivity contribution in [3.8, 4) is 11.3 Å². The predicted molar refractivity (Wildman–Crippen MR) is 75.6 cm³/mol. The van der Waals surface area contributed by atoms with Crippen molar-refractivity contribution in [2.24, 2.45) is 12.5 Å². The van der Waals surface area contributed by atoms with Gasteiger partial charge in [-0.3, -0.25) is 4.79 Å². The van der Waals surface area contributed by atoms with Gasteiger partial charge in [-0.25, -0.2) is 0 Å². The van der Waals surface area contributed by atoms with Crippen molar-refractivity contribution >= 4 is 5.97 Å². The molecule has 6 nitrogen and oxygen atoms in total. The van der Waals surface area contributed by atoms with Gasteiger partial charge in [0.1, 0.15) is 5.69 Å². The monoisotopic (exact) mass is 287 g/mol. The second kappa shape index (κ2) is 5.29. The number of ether oxygens (including phenoxy) is 1. The molecule has 1 aliphatic rings. The molecular weight excluding hydrogens is 270 g/mol. The SMILES string of the molecule is Cn1ncc(-c2cccc(CC3(C(=O)O)CCOC3)c2)n1. The Labute approximate surface area is 122 Å². The van der Waals surface area contributed by atoms with E-state index >= 15 is 0 Å².